The third kappa shape index (κ3) is 1.43. The molecule has 4 atom stereocenters. The first-order chi connectivity index (χ1) is 8.43. The highest BCUT2D eigenvalue weighted by molar-refractivity contribution is 5.34. The molecule has 0 heteroatoms. The number of rotatable bonds is 0. The van der Waals surface area contributed by atoms with E-state index >= 15 is 0 Å². The summed E-state index contributed by atoms with van der Waals surface area (Å²) in [6.07, 6.45) is 11.9. The number of aryl methyl sites for hydroxylation is 1. The van der Waals surface area contributed by atoms with Crippen molar-refractivity contribution in [2.75, 3.05) is 0 Å². The van der Waals surface area contributed by atoms with E-state index in [0.717, 1.165) is 23.7 Å². The molecule has 0 unspecified atom stereocenters. The van der Waals surface area contributed by atoms with Gasteiger partial charge in [0, 0.05) is 0 Å². The zero-order valence-corrected chi connectivity index (χ0v) is 10.3. The summed E-state index contributed by atoms with van der Waals surface area (Å²) in [6.45, 7) is 0. The van der Waals surface area contributed by atoms with Crippen LogP contribution in [0.2, 0.25) is 0 Å². The predicted molar refractivity (Wildman–Crippen MR) is 71.0 cm³/mol. The second-order valence-electron chi connectivity index (χ2n) is 6.08. The van der Waals surface area contributed by atoms with Crippen molar-refractivity contribution >= 4 is 0 Å². The van der Waals surface area contributed by atoms with Crippen LogP contribution in [0.3, 0.4) is 0 Å². The lowest BCUT2D eigenvalue weighted by Gasteiger charge is -2.44. The molecule has 0 aliphatic heterocycles. The van der Waals surface area contributed by atoms with Gasteiger partial charge in [-0.15, -0.1) is 0 Å². The van der Waals surface area contributed by atoms with E-state index in [1.165, 1.54) is 32.1 Å². The largest absolute Gasteiger partial charge is 0.0879 e. The molecule has 1 fully saturated rings. The van der Waals surface area contributed by atoms with Gasteiger partial charge in [-0.3, -0.25) is 0 Å². The minimum Gasteiger partial charge on any atom is -0.0879 e. The van der Waals surface area contributed by atoms with Gasteiger partial charge in [0.2, 0.25) is 0 Å². The van der Waals surface area contributed by atoms with E-state index in [9.17, 15) is 0 Å². The first-order valence-electron chi connectivity index (χ1n) is 7.18. The highest BCUT2D eigenvalue weighted by atomic mass is 14.5. The average Bonchev–Trinajstić information content (AvgIpc) is 2.86. The maximum atomic E-state index is 2.50. The molecule has 0 saturated heterocycles. The van der Waals surface area contributed by atoms with Crippen LogP contribution in [-0.4, -0.2) is 0 Å². The van der Waals surface area contributed by atoms with Crippen LogP contribution in [0.15, 0.2) is 36.4 Å². The zero-order valence-electron chi connectivity index (χ0n) is 10.3. The first kappa shape index (κ1) is 9.94. The smallest absolute Gasteiger partial charge is 0.0128 e. The lowest BCUT2D eigenvalue weighted by atomic mass is 9.61. The fraction of sp³-hybridized carbons (Fsp3) is 0.529. The van der Waals surface area contributed by atoms with E-state index in [1.54, 1.807) is 11.1 Å². The maximum Gasteiger partial charge on any atom is -0.0128 e. The molecule has 0 aromatic heterocycles. The molecular weight excluding hydrogens is 204 g/mol. The highest BCUT2D eigenvalue weighted by Crippen LogP contribution is 2.52. The summed E-state index contributed by atoms with van der Waals surface area (Å²) in [6, 6.07) is 9.20. The standard InChI is InChI=1S/C17H20/c1-2-6-14-12(4-1)8-10-17-15-7-3-5-13(15)9-11-16(14)17/h1-6,13,15-17H,7-11H2/t13-,15+,16+,17-/m0/s1. The van der Waals surface area contributed by atoms with Gasteiger partial charge in [0.25, 0.3) is 0 Å². The van der Waals surface area contributed by atoms with Gasteiger partial charge >= 0.3 is 0 Å². The summed E-state index contributed by atoms with van der Waals surface area (Å²) in [7, 11) is 0. The van der Waals surface area contributed by atoms with Gasteiger partial charge in [-0.05, 0) is 66.9 Å². The van der Waals surface area contributed by atoms with Crippen molar-refractivity contribution in [2.24, 2.45) is 17.8 Å². The van der Waals surface area contributed by atoms with Crippen molar-refractivity contribution < 1.29 is 0 Å². The molecule has 0 amide bonds. The summed E-state index contributed by atoms with van der Waals surface area (Å²) in [5.74, 6) is 3.74. The Morgan fingerprint density at radius 2 is 1.88 bits per heavy atom. The van der Waals surface area contributed by atoms with Crippen LogP contribution >= 0.6 is 0 Å². The molecule has 3 aliphatic rings. The summed E-state index contributed by atoms with van der Waals surface area (Å²) in [5.41, 5.74) is 3.33. The Morgan fingerprint density at radius 1 is 0.941 bits per heavy atom. The number of benzene rings is 1. The van der Waals surface area contributed by atoms with Crippen molar-refractivity contribution in [3.8, 4) is 0 Å². The van der Waals surface area contributed by atoms with E-state index in [4.69, 9.17) is 0 Å². The average molecular weight is 224 g/mol. The highest BCUT2D eigenvalue weighted by Gasteiger charge is 2.42. The van der Waals surface area contributed by atoms with Crippen molar-refractivity contribution in [1.29, 1.82) is 0 Å². The molecule has 1 saturated carbocycles. The molecule has 0 nitrogen and oxygen atoms in total. The van der Waals surface area contributed by atoms with Crippen molar-refractivity contribution in [3.05, 3.63) is 47.5 Å². The van der Waals surface area contributed by atoms with Gasteiger partial charge in [-0.2, -0.15) is 0 Å². The Bertz CT molecular complexity index is 457. The second kappa shape index (κ2) is 3.73. The summed E-state index contributed by atoms with van der Waals surface area (Å²) in [4.78, 5) is 0. The number of hydrogen-bond acceptors (Lipinski definition) is 0. The SMILES string of the molecule is C1=C[C@H]2CC[C@@H]3c4ccccc4CC[C@H]3[C@@H]2C1. The van der Waals surface area contributed by atoms with Gasteiger partial charge in [-0.1, -0.05) is 36.4 Å². The van der Waals surface area contributed by atoms with Crippen molar-refractivity contribution in [1.82, 2.24) is 0 Å². The van der Waals surface area contributed by atoms with Crippen LogP contribution in [0.1, 0.15) is 42.7 Å². The molecule has 0 spiro atoms. The molecule has 0 bridgehead atoms. The lowest BCUT2D eigenvalue weighted by molar-refractivity contribution is 0.150. The minimum atomic E-state index is 0.876. The minimum absolute atomic E-state index is 0.876. The van der Waals surface area contributed by atoms with Crippen LogP contribution in [-0.2, 0) is 6.42 Å². The molecule has 0 radical (unpaired) electrons. The van der Waals surface area contributed by atoms with Crippen LogP contribution < -0.4 is 0 Å². The van der Waals surface area contributed by atoms with Gasteiger partial charge in [0.05, 0.1) is 0 Å². The zero-order chi connectivity index (χ0) is 11.2. The first-order valence-corrected chi connectivity index (χ1v) is 7.18. The summed E-state index contributed by atoms with van der Waals surface area (Å²) in [5, 5.41) is 0. The van der Waals surface area contributed by atoms with Gasteiger partial charge in [-0.25, -0.2) is 0 Å². The predicted octanol–water partition coefficient (Wildman–Crippen LogP) is 4.32. The Balaban J connectivity index is 1.72. The molecule has 0 heterocycles. The van der Waals surface area contributed by atoms with Gasteiger partial charge in [0.1, 0.15) is 0 Å². The quantitative estimate of drug-likeness (QED) is 0.576. The fourth-order valence-corrected chi connectivity index (χ4v) is 4.66. The van der Waals surface area contributed by atoms with Crippen LogP contribution in [0, 0.1) is 17.8 Å². The summed E-state index contributed by atoms with van der Waals surface area (Å²) < 4.78 is 0. The topological polar surface area (TPSA) is 0 Å². The van der Waals surface area contributed by atoms with E-state index < -0.39 is 0 Å². The van der Waals surface area contributed by atoms with Gasteiger partial charge in [0.15, 0.2) is 0 Å². The number of fused-ring (bicyclic) bond motifs is 5. The Kier molecular flexibility index (Phi) is 2.18. The van der Waals surface area contributed by atoms with Crippen LogP contribution in [0.5, 0.6) is 0 Å². The molecule has 88 valence electrons. The van der Waals surface area contributed by atoms with Crippen LogP contribution in [0.25, 0.3) is 0 Å². The Hall–Kier alpha value is -1.04. The maximum absolute atomic E-state index is 2.50. The Labute approximate surface area is 104 Å². The second-order valence-corrected chi connectivity index (χ2v) is 6.08. The Morgan fingerprint density at radius 3 is 2.88 bits per heavy atom. The van der Waals surface area contributed by atoms with E-state index in [1.807, 2.05) is 0 Å². The third-order valence-corrected chi connectivity index (χ3v) is 5.42. The summed E-state index contributed by atoms with van der Waals surface area (Å²) >= 11 is 0. The van der Waals surface area contributed by atoms with Crippen molar-refractivity contribution in [2.45, 2.75) is 38.0 Å². The molecule has 1 aromatic rings. The third-order valence-electron chi connectivity index (χ3n) is 5.42. The number of allylic oxidation sites excluding steroid dienone is 2. The monoisotopic (exact) mass is 224 g/mol. The van der Waals surface area contributed by atoms with E-state index in [0.29, 0.717) is 0 Å². The molecule has 1 aromatic carbocycles. The van der Waals surface area contributed by atoms with E-state index in [2.05, 4.69) is 36.4 Å². The number of hydrogen-bond donors (Lipinski definition) is 0. The molecule has 3 aliphatic carbocycles. The van der Waals surface area contributed by atoms with E-state index in [-0.39, 0.29) is 0 Å². The van der Waals surface area contributed by atoms with Crippen molar-refractivity contribution in [3.63, 3.8) is 0 Å². The molecule has 0 N–H and O–H groups in total. The molecular formula is C17H20. The molecule has 17 heavy (non-hydrogen) atoms. The fourth-order valence-electron chi connectivity index (χ4n) is 4.66. The lowest BCUT2D eigenvalue weighted by Crippen LogP contribution is -2.34. The molecule has 4 rings (SSSR count). The van der Waals surface area contributed by atoms with Gasteiger partial charge < -0.3 is 0 Å². The normalized spacial score (nSPS) is 38.4. The van der Waals surface area contributed by atoms with Crippen LogP contribution in [0.4, 0.5) is 0 Å².